The quantitative estimate of drug-likeness (QED) is 0.0293. The molecule has 0 aromatic rings. The predicted octanol–water partition coefficient (Wildman–Crippen LogP) is 14.8. The summed E-state index contributed by atoms with van der Waals surface area (Å²) < 4.78 is 11.2. The van der Waals surface area contributed by atoms with Crippen LogP contribution in [0.25, 0.3) is 0 Å². The van der Waals surface area contributed by atoms with E-state index in [-0.39, 0.29) is 18.9 Å². The van der Waals surface area contributed by atoms with Crippen molar-refractivity contribution >= 4 is 5.91 Å². The van der Waals surface area contributed by atoms with Crippen LogP contribution in [0.15, 0.2) is 0 Å². The molecular weight excluding hydrogens is 891 g/mol. The highest BCUT2D eigenvalue weighted by atomic mass is 16.7. The van der Waals surface area contributed by atoms with E-state index in [0.29, 0.717) is 6.42 Å². The summed E-state index contributed by atoms with van der Waals surface area (Å²) in [5.41, 5.74) is 0. The van der Waals surface area contributed by atoms with Crippen LogP contribution in [0, 0.1) is 0 Å². The second kappa shape index (κ2) is 51.3. The van der Waals surface area contributed by atoms with Crippen molar-refractivity contribution < 1.29 is 44.9 Å². The predicted molar refractivity (Wildman–Crippen MR) is 297 cm³/mol. The smallest absolute Gasteiger partial charge is 0.220 e. The summed E-state index contributed by atoms with van der Waals surface area (Å²) in [6, 6.07) is -0.986. The third-order valence-corrected chi connectivity index (χ3v) is 15.6. The van der Waals surface area contributed by atoms with E-state index < -0.39 is 55.6 Å². The molecule has 0 saturated carbocycles. The van der Waals surface area contributed by atoms with Crippen LogP contribution in [0.1, 0.15) is 322 Å². The number of aliphatic hydroxyl groups excluding tert-OH is 6. The third kappa shape index (κ3) is 40.1. The summed E-state index contributed by atoms with van der Waals surface area (Å²) >= 11 is 0. The van der Waals surface area contributed by atoms with E-state index in [1.54, 1.807) is 0 Å². The molecule has 0 aromatic heterocycles. The van der Waals surface area contributed by atoms with Gasteiger partial charge >= 0.3 is 0 Å². The maximum Gasteiger partial charge on any atom is 0.220 e. The molecule has 1 amide bonds. The van der Waals surface area contributed by atoms with Crippen molar-refractivity contribution in [1.82, 2.24) is 5.32 Å². The molecule has 0 aromatic carbocycles. The SMILES string of the molecule is CCCCCCCCCCCCCCCCCCCCCCCCCCCCCCCCCCCC(=O)N[C@@H](CO[C@@H]1O[C@H](CO)[C@@H](O)C(O)C1O)[C@H](O)[C@H](O)CCCCCCCCCCCCCCC. The Morgan fingerprint density at radius 2 is 0.732 bits per heavy atom. The molecule has 0 radical (unpaired) electrons. The zero-order valence-electron chi connectivity index (χ0n) is 46.9. The van der Waals surface area contributed by atoms with Crippen molar-refractivity contribution in [2.45, 2.75) is 371 Å². The van der Waals surface area contributed by atoms with Crippen LogP contribution in [-0.2, 0) is 14.3 Å². The van der Waals surface area contributed by atoms with Gasteiger partial charge in [0.25, 0.3) is 0 Å². The van der Waals surface area contributed by atoms with E-state index in [4.69, 9.17) is 9.47 Å². The van der Waals surface area contributed by atoms with Gasteiger partial charge in [0, 0.05) is 6.42 Å². The first kappa shape index (κ1) is 68.2. The van der Waals surface area contributed by atoms with Gasteiger partial charge in [0.2, 0.25) is 5.91 Å². The molecule has 10 heteroatoms. The van der Waals surface area contributed by atoms with E-state index in [9.17, 15) is 35.4 Å². The highest BCUT2D eigenvalue weighted by Gasteiger charge is 2.44. The maximum atomic E-state index is 13.1. The second-order valence-electron chi connectivity index (χ2n) is 22.4. The second-order valence-corrected chi connectivity index (χ2v) is 22.4. The van der Waals surface area contributed by atoms with Crippen LogP contribution < -0.4 is 5.32 Å². The minimum absolute atomic E-state index is 0.250. The Balaban J connectivity index is 2.10. The number of hydrogen-bond donors (Lipinski definition) is 7. The van der Waals surface area contributed by atoms with Gasteiger partial charge in [-0.2, -0.15) is 0 Å². The number of unbranched alkanes of at least 4 members (excludes halogenated alkanes) is 44. The Morgan fingerprint density at radius 3 is 1.04 bits per heavy atom. The molecular formula is C61H121NO9. The normalized spacial score (nSPS) is 19.6. The number of amides is 1. The van der Waals surface area contributed by atoms with Crippen LogP contribution in [0.5, 0.6) is 0 Å². The van der Waals surface area contributed by atoms with Gasteiger partial charge in [0.15, 0.2) is 6.29 Å². The number of carbonyl (C=O) groups is 1. The zero-order valence-corrected chi connectivity index (χ0v) is 46.9. The van der Waals surface area contributed by atoms with E-state index in [2.05, 4.69) is 19.2 Å². The third-order valence-electron chi connectivity index (χ3n) is 15.6. The average molecular weight is 1010 g/mol. The number of hydrogen-bond acceptors (Lipinski definition) is 9. The minimum atomic E-state index is -1.60. The highest BCUT2D eigenvalue weighted by Crippen LogP contribution is 2.24. The number of aliphatic hydroxyl groups is 6. The number of ether oxygens (including phenoxy) is 2. The van der Waals surface area contributed by atoms with Gasteiger partial charge in [-0.15, -0.1) is 0 Å². The molecule has 71 heavy (non-hydrogen) atoms. The fourth-order valence-corrected chi connectivity index (χ4v) is 10.6. The van der Waals surface area contributed by atoms with Gasteiger partial charge in [-0.05, 0) is 12.8 Å². The molecule has 1 rings (SSSR count). The van der Waals surface area contributed by atoms with E-state index >= 15 is 0 Å². The van der Waals surface area contributed by atoms with Crippen LogP contribution in [0.4, 0.5) is 0 Å². The van der Waals surface area contributed by atoms with E-state index in [0.717, 1.165) is 38.5 Å². The monoisotopic (exact) mass is 1010 g/mol. The van der Waals surface area contributed by atoms with Crippen molar-refractivity contribution in [3.05, 3.63) is 0 Å². The Hall–Kier alpha value is -0.850. The Bertz CT molecular complexity index is 1100. The molecule has 10 nitrogen and oxygen atoms in total. The summed E-state index contributed by atoms with van der Waals surface area (Å²) in [6.07, 6.45) is 51.6. The van der Waals surface area contributed by atoms with Crippen molar-refractivity contribution in [3.63, 3.8) is 0 Å². The van der Waals surface area contributed by atoms with Crippen LogP contribution in [0.2, 0.25) is 0 Å². The average Bonchev–Trinajstić information content (AvgIpc) is 3.37. The lowest BCUT2D eigenvalue weighted by atomic mass is 9.98. The summed E-state index contributed by atoms with van der Waals surface area (Å²) in [4.78, 5) is 13.1. The Labute approximate surface area is 438 Å². The lowest BCUT2D eigenvalue weighted by molar-refractivity contribution is -0.303. The number of rotatable bonds is 55. The molecule has 1 saturated heterocycles. The highest BCUT2D eigenvalue weighted by molar-refractivity contribution is 5.76. The van der Waals surface area contributed by atoms with Crippen LogP contribution in [0.3, 0.4) is 0 Å². The van der Waals surface area contributed by atoms with Crippen molar-refractivity contribution in [1.29, 1.82) is 0 Å². The molecule has 424 valence electrons. The zero-order chi connectivity index (χ0) is 51.7. The van der Waals surface area contributed by atoms with Gasteiger partial charge in [-0.3, -0.25) is 4.79 Å². The standard InChI is InChI=1S/C61H121NO9/c1-3-5-7-9-11-13-15-17-18-19-20-21-22-23-24-25-26-27-28-29-30-31-32-33-34-35-36-38-40-42-44-46-48-50-56(65)62-53(52-70-61-60(69)59(68)58(67)55(51-63)71-61)57(66)54(64)49-47-45-43-41-39-37-16-14-12-10-8-6-4-2/h53-55,57-61,63-64,66-69H,3-52H2,1-2H3,(H,62,65)/t53-,54+,55+,57-,58+,59?,60?,61+/m0/s1. The molecule has 1 aliphatic rings. The first-order valence-electron chi connectivity index (χ1n) is 31.3. The number of carbonyl (C=O) groups excluding carboxylic acids is 1. The molecule has 0 bridgehead atoms. The molecule has 0 spiro atoms. The van der Waals surface area contributed by atoms with E-state index in [1.807, 2.05) is 0 Å². The largest absolute Gasteiger partial charge is 0.394 e. The van der Waals surface area contributed by atoms with Crippen LogP contribution >= 0.6 is 0 Å². The first-order valence-corrected chi connectivity index (χ1v) is 31.3. The first-order chi connectivity index (χ1) is 34.8. The molecule has 8 atom stereocenters. The topological polar surface area (TPSA) is 169 Å². The lowest BCUT2D eigenvalue weighted by Gasteiger charge is -2.40. The number of nitrogens with one attached hydrogen (secondary N) is 1. The lowest BCUT2D eigenvalue weighted by Crippen LogP contribution is -2.60. The molecule has 0 aliphatic carbocycles. The Morgan fingerprint density at radius 1 is 0.437 bits per heavy atom. The van der Waals surface area contributed by atoms with Crippen molar-refractivity contribution in [2.24, 2.45) is 0 Å². The summed E-state index contributed by atoms with van der Waals surface area (Å²) in [7, 11) is 0. The minimum Gasteiger partial charge on any atom is -0.394 e. The fraction of sp³-hybridized carbons (Fsp3) is 0.984. The Kier molecular flexibility index (Phi) is 49.2. The summed E-state index contributed by atoms with van der Waals surface area (Å²) in [5, 5.41) is 65.5. The summed E-state index contributed by atoms with van der Waals surface area (Å²) in [5.74, 6) is -0.250. The van der Waals surface area contributed by atoms with Gasteiger partial charge in [0.1, 0.15) is 30.5 Å². The molecule has 2 unspecified atom stereocenters. The van der Waals surface area contributed by atoms with Crippen LogP contribution in [-0.4, -0.2) is 98.7 Å². The van der Waals surface area contributed by atoms with Crippen molar-refractivity contribution in [2.75, 3.05) is 13.2 Å². The molecule has 1 heterocycles. The molecule has 7 N–H and O–H groups in total. The molecule has 1 fully saturated rings. The van der Waals surface area contributed by atoms with E-state index in [1.165, 1.54) is 257 Å². The van der Waals surface area contributed by atoms with Gasteiger partial charge in [-0.1, -0.05) is 303 Å². The summed E-state index contributed by atoms with van der Waals surface area (Å²) in [6.45, 7) is 3.65. The molecule has 1 aliphatic heterocycles. The van der Waals surface area contributed by atoms with Crippen molar-refractivity contribution in [3.8, 4) is 0 Å². The van der Waals surface area contributed by atoms with Gasteiger partial charge in [0.05, 0.1) is 25.4 Å². The fourth-order valence-electron chi connectivity index (χ4n) is 10.6. The van der Waals surface area contributed by atoms with Gasteiger partial charge in [-0.25, -0.2) is 0 Å². The maximum absolute atomic E-state index is 13.1. The van der Waals surface area contributed by atoms with Gasteiger partial charge < -0.3 is 45.4 Å².